The molecule has 19 rings (SSSR count). The molecule has 1 aliphatic carbocycles. The lowest BCUT2D eigenvalue weighted by molar-refractivity contribution is -0.117. The number of hydrogen-bond donors (Lipinski definition) is 15. The predicted octanol–water partition coefficient (Wildman–Crippen LogP) is 9.51. The van der Waals surface area contributed by atoms with Crippen molar-refractivity contribution in [1.29, 1.82) is 0 Å². The first-order valence-corrected chi connectivity index (χ1v) is 38.3. The average Bonchev–Trinajstić information content (AvgIpc) is 1.74. The highest BCUT2D eigenvalue weighted by molar-refractivity contribution is 6.04. The standard InChI is InChI=1S/C18H16N6O2.2C17H15N7O2.C17H17N5O3.C14H15N5O3/c1-26-17-12-9-20-18(25)11(12)5-6-13(17)23-15-8-16(22-10-21-15)24-14-4-2-3-7-19-14;1-26-15-11-8-20-16(25)10(11)3-4-12(15)23-13-7-14(22-9-21-13)24-17-18-5-2-6-19-17;1-26-16-11-7-19-17(25)10(11)2-3-12(16)23-14-6-15(22-9-21-14)24-13-4-5-18-8-20-13;1-25-15-11-7-18-17(24)10(11)4-5-12(15)21-13-6-14(20-8-19-13)22-16(23)9-2-3-9;1-21-10-8-5-16-14(20)7(8)3-4-9(10)19-13-11(22-2)12(15)17-6-18-13/h2-8,10H,9H2,1H3,(H,20,25)(H2,19,21,22,23,24);2-7,9H,8H2,1H3,(H,20,25)(H2,18,19,21,22,23,24);2-6,8-9H,7H2,1H3,(H,19,25)(H2,18,20,21,22,23,24);4-6,8-9H,2-3,7H2,1H3,(H,18,24)(H2,19,20,21,22,23);3-4,6H,5H2,1-2H3,(H,16,20)(H3,15,17,18,19). The van der Waals surface area contributed by atoms with Crippen molar-refractivity contribution in [2.45, 2.75) is 45.6 Å². The first-order valence-electron chi connectivity index (χ1n) is 38.3. The molecule has 632 valence electrons. The van der Waals surface area contributed by atoms with E-state index in [-0.39, 0.29) is 47.2 Å². The van der Waals surface area contributed by atoms with Crippen molar-refractivity contribution in [3.63, 3.8) is 0 Å². The van der Waals surface area contributed by atoms with Gasteiger partial charge in [0.25, 0.3) is 29.5 Å². The van der Waals surface area contributed by atoms with Gasteiger partial charge in [-0.1, -0.05) is 6.07 Å². The van der Waals surface area contributed by atoms with E-state index in [2.05, 4.69) is 149 Å². The van der Waals surface area contributed by atoms with Crippen molar-refractivity contribution in [3.8, 4) is 34.5 Å². The van der Waals surface area contributed by atoms with E-state index in [1.165, 1.54) is 45.1 Å². The van der Waals surface area contributed by atoms with E-state index in [1.807, 2.05) is 18.2 Å². The third kappa shape index (κ3) is 19.3. The van der Waals surface area contributed by atoms with Crippen LogP contribution in [0.25, 0.3) is 0 Å². The van der Waals surface area contributed by atoms with Gasteiger partial charge in [0.05, 0.1) is 71.1 Å². The number of hydrogen-bond acceptors (Lipinski definition) is 36. The van der Waals surface area contributed by atoms with Crippen LogP contribution in [-0.2, 0) is 37.5 Å². The lowest BCUT2D eigenvalue weighted by atomic mass is 10.1. The zero-order valence-corrected chi connectivity index (χ0v) is 67.5. The first kappa shape index (κ1) is 82.7. The Bertz CT molecular complexity index is 5850. The summed E-state index contributed by atoms with van der Waals surface area (Å²) < 4.78 is 32.6. The summed E-state index contributed by atoms with van der Waals surface area (Å²) >= 11 is 0. The molecule has 8 aromatic heterocycles. The highest BCUT2D eigenvalue weighted by Gasteiger charge is 2.32. The molecule has 1 fully saturated rings. The molecule has 0 bridgehead atoms. The van der Waals surface area contributed by atoms with E-state index in [1.54, 1.807) is 157 Å². The summed E-state index contributed by atoms with van der Waals surface area (Å²) in [5, 5.41) is 41.8. The van der Waals surface area contributed by atoms with Gasteiger partial charge in [0.15, 0.2) is 11.6 Å². The fourth-order valence-corrected chi connectivity index (χ4v) is 13.5. The van der Waals surface area contributed by atoms with Gasteiger partial charge in [-0.15, -0.1) is 0 Å². The third-order valence-electron chi connectivity index (χ3n) is 19.4. The van der Waals surface area contributed by atoms with Gasteiger partial charge in [-0.05, 0) is 97.8 Å². The van der Waals surface area contributed by atoms with Gasteiger partial charge in [-0.3, -0.25) is 28.8 Å². The number of nitrogens with one attached hydrogen (secondary N) is 14. The highest BCUT2D eigenvalue weighted by Crippen LogP contribution is 2.42. The number of pyridine rings is 1. The van der Waals surface area contributed by atoms with Crippen molar-refractivity contribution in [2.24, 2.45) is 5.92 Å². The van der Waals surface area contributed by atoms with Gasteiger partial charge in [-0.2, -0.15) is 0 Å². The van der Waals surface area contributed by atoms with Crippen molar-refractivity contribution in [1.82, 2.24) is 101 Å². The maximum atomic E-state index is 11.9. The number of amides is 6. The normalized spacial score (nSPS) is 12.9. The molecule has 6 aliphatic rings. The molecule has 42 heteroatoms. The van der Waals surface area contributed by atoms with Gasteiger partial charge in [0.2, 0.25) is 17.6 Å². The second-order valence-electron chi connectivity index (χ2n) is 27.2. The number of ether oxygens (including phenoxy) is 6. The maximum Gasteiger partial charge on any atom is 0.252 e. The van der Waals surface area contributed by atoms with Gasteiger partial charge < -0.3 is 109 Å². The second-order valence-corrected chi connectivity index (χ2v) is 27.2. The molecule has 16 N–H and O–H groups in total. The van der Waals surface area contributed by atoms with Crippen molar-refractivity contribution < 1.29 is 57.2 Å². The van der Waals surface area contributed by atoms with Crippen LogP contribution in [0.5, 0.6) is 34.5 Å². The Morgan fingerprint density at radius 2 is 0.648 bits per heavy atom. The predicted molar refractivity (Wildman–Crippen MR) is 458 cm³/mol. The smallest absolute Gasteiger partial charge is 0.252 e. The zero-order chi connectivity index (χ0) is 86.9. The number of nitrogen functional groups attached to an aromatic ring is 1. The summed E-state index contributed by atoms with van der Waals surface area (Å²) in [5.41, 5.74) is 16.5. The van der Waals surface area contributed by atoms with Crippen LogP contribution in [0.15, 0.2) is 178 Å². The van der Waals surface area contributed by atoms with E-state index >= 15 is 0 Å². The molecule has 0 spiro atoms. The zero-order valence-electron chi connectivity index (χ0n) is 67.5. The summed E-state index contributed by atoms with van der Waals surface area (Å²) in [4.78, 5) is 133. The van der Waals surface area contributed by atoms with Crippen molar-refractivity contribution in [3.05, 3.63) is 234 Å². The quantitative estimate of drug-likeness (QED) is 0.0267. The summed E-state index contributed by atoms with van der Waals surface area (Å²) in [7, 11) is 9.33. The van der Waals surface area contributed by atoms with Crippen LogP contribution in [-0.4, -0.2) is 153 Å². The van der Waals surface area contributed by atoms with Crippen LogP contribution in [0.2, 0.25) is 0 Å². The van der Waals surface area contributed by atoms with Crippen molar-refractivity contribution >= 4 is 140 Å². The monoisotopic (exact) mass is 1690 g/mol. The van der Waals surface area contributed by atoms with Crippen LogP contribution >= 0.6 is 0 Å². The summed E-state index contributed by atoms with van der Waals surface area (Å²) in [6, 6.07) is 33.7. The summed E-state index contributed by atoms with van der Waals surface area (Å²) in [6.07, 6.45) is 17.0. The minimum atomic E-state index is -0.108. The molecule has 6 amide bonds. The Labute approximate surface area is 710 Å². The highest BCUT2D eigenvalue weighted by atomic mass is 16.5. The molecular weight excluding hydrogens is 1610 g/mol. The number of methoxy groups -OCH3 is 6. The minimum absolute atomic E-state index is 0.00986. The number of rotatable bonds is 24. The van der Waals surface area contributed by atoms with Crippen LogP contribution in [0.3, 0.4) is 0 Å². The van der Waals surface area contributed by atoms with E-state index in [9.17, 15) is 28.8 Å². The number of carbonyl (C=O) groups is 6. The molecule has 42 nitrogen and oxygen atoms in total. The number of anilines is 18. The molecule has 0 radical (unpaired) electrons. The van der Waals surface area contributed by atoms with Crippen molar-refractivity contribution in [2.75, 3.05) is 96.2 Å². The van der Waals surface area contributed by atoms with E-state index in [4.69, 9.17) is 34.2 Å². The number of nitrogens with two attached hydrogens (primary N) is 1. The van der Waals surface area contributed by atoms with E-state index in [0.29, 0.717) is 182 Å². The fourth-order valence-electron chi connectivity index (χ4n) is 13.5. The van der Waals surface area contributed by atoms with Crippen LogP contribution < -0.4 is 109 Å². The van der Waals surface area contributed by atoms with Gasteiger partial charge >= 0.3 is 0 Å². The Balaban J connectivity index is 0.000000121. The molecule has 0 saturated heterocycles. The number of carbonyl (C=O) groups excluding carboxylic acids is 6. The average molecular weight is 1690 g/mol. The molecule has 1 saturated carbocycles. The number of nitrogens with zero attached hydrogens (tertiary/aromatic N) is 15. The molecule has 13 heterocycles. The Morgan fingerprint density at radius 3 is 1.00 bits per heavy atom. The first-order chi connectivity index (χ1) is 61.0. The van der Waals surface area contributed by atoms with Crippen LogP contribution in [0.1, 0.15) is 92.4 Å². The molecule has 0 atom stereocenters. The maximum absolute atomic E-state index is 11.9. The summed E-state index contributed by atoms with van der Waals surface area (Å²) in [6.45, 7) is 2.18. The molecular formula is C83H78N30O12. The van der Waals surface area contributed by atoms with Gasteiger partial charge in [0.1, 0.15) is 125 Å². The number of fused-ring (bicyclic) bond motifs is 5. The van der Waals surface area contributed by atoms with Gasteiger partial charge in [0, 0.05) is 143 Å². The summed E-state index contributed by atoms with van der Waals surface area (Å²) in [5.74, 6) is 9.84. The van der Waals surface area contributed by atoms with Gasteiger partial charge in [-0.25, -0.2) is 74.8 Å². The molecule has 5 aromatic carbocycles. The minimum Gasteiger partial charge on any atom is -0.494 e. The lowest BCUT2D eigenvalue weighted by Gasteiger charge is -2.15. The molecule has 0 unspecified atom stereocenters. The Hall–Kier alpha value is -17.4. The van der Waals surface area contributed by atoms with Crippen LogP contribution in [0.4, 0.5) is 104 Å². The van der Waals surface area contributed by atoms with Crippen LogP contribution in [0, 0.1) is 5.92 Å². The fraction of sp³-hybridized carbons (Fsp3) is 0.169. The topological polar surface area (TPSA) is 546 Å². The number of benzene rings is 5. The largest absolute Gasteiger partial charge is 0.494 e. The number of aromatic nitrogens is 15. The van der Waals surface area contributed by atoms with E-state index < -0.39 is 0 Å². The molecule has 5 aliphatic heterocycles. The Morgan fingerprint density at radius 1 is 0.320 bits per heavy atom. The lowest BCUT2D eigenvalue weighted by Crippen LogP contribution is -2.14. The third-order valence-corrected chi connectivity index (χ3v) is 19.4. The Kier molecular flexibility index (Phi) is 25.2. The van der Waals surface area contributed by atoms with E-state index in [0.717, 1.165) is 52.0 Å². The SMILES string of the molecule is COc1c(N)ncnc1Nc1ccc2c(c1OC)CNC2=O.COc1c(Nc2cc(NC(=O)C3CC3)ncn2)ccc2c1CNC2=O.COc1c(Nc2cc(Nc3ccccn3)ncn2)ccc2c1CNC2=O.COc1c(Nc2cc(Nc3ccncn3)ncn2)ccc2c1CNC2=O.COc1c(Nc2cc(Nc3ncccn3)ncn2)ccc2c1CNC2=O. The molecule has 125 heavy (non-hydrogen) atoms. The molecule has 13 aromatic rings. The second kappa shape index (κ2) is 38.1.